The largest absolute Gasteiger partial charge is 0.0622 e. The topological polar surface area (TPSA) is 0 Å². The lowest BCUT2D eigenvalue weighted by Crippen LogP contribution is -2.04. The fourth-order valence-electron chi connectivity index (χ4n) is 3.26. The molecule has 0 spiro atoms. The summed E-state index contributed by atoms with van der Waals surface area (Å²) in [7, 11) is 0. The Kier molecular flexibility index (Phi) is 5.26. The predicted octanol–water partition coefficient (Wildman–Crippen LogP) is 6.40. The summed E-state index contributed by atoms with van der Waals surface area (Å²) in [6.07, 6.45) is 2.36. The minimum atomic E-state index is 0.476. The smallest absolute Gasteiger partial charge is 0.00895 e. The van der Waals surface area contributed by atoms with Crippen molar-refractivity contribution >= 4 is 0 Å². The molecular formula is C23H24. The highest BCUT2D eigenvalue weighted by Crippen LogP contribution is 2.32. The van der Waals surface area contributed by atoms with Crippen molar-refractivity contribution in [3.05, 3.63) is 108 Å². The summed E-state index contributed by atoms with van der Waals surface area (Å²) in [4.78, 5) is 0. The van der Waals surface area contributed by atoms with Gasteiger partial charge < -0.3 is 0 Å². The zero-order chi connectivity index (χ0) is 15.9. The molecule has 3 aromatic rings. The van der Waals surface area contributed by atoms with E-state index in [4.69, 9.17) is 0 Å². The van der Waals surface area contributed by atoms with Gasteiger partial charge in [0.2, 0.25) is 0 Å². The molecule has 23 heavy (non-hydrogen) atoms. The minimum absolute atomic E-state index is 0.476. The summed E-state index contributed by atoms with van der Waals surface area (Å²) >= 11 is 0. The summed E-state index contributed by atoms with van der Waals surface area (Å²) in [5.41, 5.74) is 4.27. The van der Waals surface area contributed by atoms with Crippen LogP contribution in [-0.4, -0.2) is 0 Å². The van der Waals surface area contributed by atoms with Gasteiger partial charge in [0.25, 0.3) is 0 Å². The molecule has 1 unspecified atom stereocenters. The van der Waals surface area contributed by atoms with Gasteiger partial charge in [-0.1, -0.05) is 97.9 Å². The zero-order valence-electron chi connectivity index (χ0n) is 13.7. The third-order valence-corrected chi connectivity index (χ3v) is 4.66. The van der Waals surface area contributed by atoms with E-state index < -0.39 is 0 Å². The normalized spacial score (nSPS) is 12.3. The van der Waals surface area contributed by atoms with E-state index in [0.29, 0.717) is 11.8 Å². The molecule has 0 heteroatoms. The first-order valence-electron chi connectivity index (χ1n) is 8.49. The third-order valence-electron chi connectivity index (χ3n) is 4.66. The molecule has 0 aliphatic rings. The fraction of sp³-hybridized carbons (Fsp3) is 0.217. The van der Waals surface area contributed by atoms with Crippen LogP contribution < -0.4 is 0 Å². The van der Waals surface area contributed by atoms with Crippen molar-refractivity contribution < 1.29 is 0 Å². The van der Waals surface area contributed by atoms with Crippen LogP contribution in [0, 0.1) is 0 Å². The van der Waals surface area contributed by atoms with E-state index in [1.54, 1.807) is 0 Å². The summed E-state index contributed by atoms with van der Waals surface area (Å²) in [5.74, 6) is 1.06. The average molecular weight is 300 g/mol. The third kappa shape index (κ3) is 4.10. The van der Waals surface area contributed by atoms with Crippen molar-refractivity contribution in [3.8, 4) is 0 Å². The summed E-state index contributed by atoms with van der Waals surface area (Å²) in [5, 5.41) is 0. The van der Waals surface area contributed by atoms with Crippen LogP contribution >= 0.6 is 0 Å². The standard InChI is InChI=1S/C23H24/c1-19(20-11-5-2-6-12-20)17-18-23(21-13-7-3-8-14-21)22-15-9-4-10-16-22/h2-16,19,23H,17-18H2,1H3. The Morgan fingerprint density at radius 3 is 1.35 bits per heavy atom. The fourth-order valence-corrected chi connectivity index (χ4v) is 3.26. The molecule has 0 N–H and O–H groups in total. The van der Waals surface area contributed by atoms with E-state index in [1.165, 1.54) is 29.5 Å². The van der Waals surface area contributed by atoms with Crippen LogP contribution in [0.3, 0.4) is 0 Å². The van der Waals surface area contributed by atoms with Crippen molar-refractivity contribution in [1.82, 2.24) is 0 Å². The Hall–Kier alpha value is -2.34. The molecule has 0 bridgehead atoms. The van der Waals surface area contributed by atoms with E-state index in [0.717, 1.165) is 0 Å². The van der Waals surface area contributed by atoms with E-state index in [1.807, 2.05) is 0 Å². The van der Waals surface area contributed by atoms with E-state index in [9.17, 15) is 0 Å². The van der Waals surface area contributed by atoms with Crippen molar-refractivity contribution in [3.63, 3.8) is 0 Å². The molecule has 0 amide bonds. The second-order valence-electron chi connectivity index (χ2n) is 6.26. The number of rotatable bonds is 6. The Balaban J connectivity index is 1.77. The molecule has 1 atom stereocenters. The molecular weight excluding hydrogens is 276 g/mol. The minimum Gasteiger partial charge on any atom is -0.0622 e. The molecule has 0 nitrogen and oxygen atoms in total. The van der Waals surface area contributed by atoms with Gasteiger partial charge in [-0.3, -0.25) is 0 Å². The maximum atomic E-state index is 2.34. The Morgan fingerprint density at radius 2 is 0.913 bits per heavy atom. The molecule has 116 valence electrons. The van der Waals surface area contributed by atoms with Crippen LogP contribution in [0.5, 0.6) is 0 Å². The second kappa shape index (κ2) is 7.78. The molecule has 0 heterocycles. The van der Waals surface area contributed by atoms with Crippen LogP contribution in [0.2, 0.25) is 0 Å². The van der Waals surface area contributed by atoms with Crippen molar-refractivity contribution in [2.75, 3.05) is 0 Å². The number of hydrogen-bond donors (Lipinski definition) is 0. The van der Waals surface area contributed by atoms with Crippen molar-refractivity contribution in [2.45, 2.75) is 31.6 Å². The van der Waals surface area contributed by atoms with Crippen LogP contribution in [0.25, 0.3) is 0 Å². The molecule has 0 aromatic heterocycles. The maximum Gasteiger partial charge on any atom is 0.00895 e. The van der Waals surface area contributed by atoms with E-state index in [2.05, 4.69) is 97.9 Å². The summed E-state index contributed by atoms with van der Waals surface area (Å²) in [6, 6.07) is 32.6. The van der Waals surface area contributed by atoms with Crippen LogP contribution in [0.1, 0.15) is 48.3 Å². The first-order chi connectivity index (χ1) is 11.3. The summed E-state index contributed by atoms with van der Waals surface area (Å²) in [6.45, 7) is 2.34. The SMILES string of the molecule is CC(CCC(c1ccccc1)c1ccccc1)c1ccccc1. The van der Waals surface area contributed by atoms with E-state index in [-0.39, 0.29) is 0 Å². The van der Waals surface area contributed by atoms with E-state index >= 15 is 0 Å². The lowest BCUT2D eigenvalue weighted by atomic mass is 9.84. The van der Waals surface area contributed by atoms with Gasteiger partial charge in [-0.05, 0) is 35.4 Å². The molecule has 0 fully saturated rings. The lowest BCUT2D eigenvalue weighted by molar-refractivity contribution is 0.592. The highest BCUT2D eigenvalue weighted by atomic mass is 14.2. The van der Waals surface area contributed by atoms with Gasteiger partial charge in [0, 0.05) is 5.92 Å². The molecule has 0 aliphatic heterocycles. The first kappa shape index (κ1) is 15.6. The number of benzene rings is 3. The molecule has 0 saturated heterocycles. The average Bonchev–Trinajstić information content (AvgIpc) is 2.64. The summed E-state index contributed by atoms with van der Waals surface area (Å²) < 4.78 is 0. The van der Waals surface area contributed by atoms with Gasteiger partial charge in [-0.15, -0.1) is 0 Å². The van der Waals surface area contributed by atoms with Crippen LogP contribution in [0.4, 0.5) is 0 Å². The zero-order valence-corrected chi connectivity index (χ0v) is 13.7. The van der Waals surface area contributed by atoms with Gasteiger partial charge in [-0.25, -0.2) is 0 Å². The van der Waals surface area contributed by atoms with Crippen molar-refractivity contribution in [2.24, 2.45) is 0 Å². The van der Waals surface area contributed by atoms with Crippen LogP contribution in [-0.2, 0) is 0 Å². The quantitative estimate of drug-likeness (QED) is 0.494. The monoisotopic (exact) mass is 300 g/mol. The highest BCUT2D eigenvalue weighted by molar-refractivity contribution is 5.32. The molecule has 3 aromatic carbocycles. The van der Waals surface area contributed by atoms with Gasteiger partial charge in [0.05, 0.1) is 0 Å². The maximum absolute atomic E-state index is 2.34. The molecule has 0 radical (unpaired) electrons. The Bertz CT molecular complexity index is 646. The highest BCUT2D eigenvalue weighted by Gasteiger charge is 2.15. The predicted molar refractivity (Wildman–Crippen MR) is 98.8 cm³/mol. The Labute approximate surface area is 139 Å². The first-order valence-corrected chi connectivity index (χ1v) is 8.49. The molecule has 0 saturated carbocycles. The van der Waals surface area contributed by atoms with Gasteiger partial charge in [0.1, 0.15) is 0 Å². The molecule has 3 rings (SSSR count). The lowest BCUT2D eigenvalue weighted by Gasteiger charge is -2.20. The van der Waals surface area contributed by atoms with Gasteiger partial charge in [0.15, 0.2) is 0 Å². The Morgan fingerprint density at radius 1 is 0.522 bits per heavy atom. The number of hydrogen-bond acceptors (Lipinski definition) is 0. The van der Waals surface area contributed by atoms with Crippen LogP contribution in [0.15, 0.2) is 91.0 Å². The second-order valence-corrected chi connectivity index (χ2v) is 6.26. The molecule has 0 aliphatic carbocycles. The van der Waals surface area contributed by atoms with Gasteiger partial charge in [-0.2, -0.15) is 0 Å². The van der Waals surface area contributed by atoms with Crippen molar-refractivity contribution in [1.29, 1.82) is 0 Å². The van der Waals surface area contributed by atoms with Gasteiger partial charge >= 0.3 is 0 Å².